The summed E-state index contributed by atoms with van der Waals surface area (Å²) in [5.41, 5.74) is 8.22. The van der Waals surface area contributed by atoms with Crippen LogP contribution in [0.2, 0.25) is 0 Å². The Kier molecular flexibility index (Phi) is 3.20. The molecule has 1 aromatic rings. The molecule has 2 nitrogen and oxygen atoms in total. The van der Waals surface area contributed by atoms with E-state index in [1.807, 2.05) is 0 Å². The largest absolute Gasteiger partial charge is 0.486 e. The van der Waals surface area contributed by atoms with E-state index in [0.29, 0.717) is 6.54 Å². The standard InChI is InChI=1S/C14H21NO/c1-11-5-6-12(2)13(9-11)16-14(10-15)7-3-4-8-14/h5-6,9H,3-4,7-8,10,15H2,1-2H3. The molecule has 88 valence electrons. The van der Waals surface area contributed by atoms with E-state index in [9.17, 15) is 0 Å². The molecule has 16 heavy (non-hydrogen) atoms. The number of nitrogens with two attached hydrogens (primary N) is 1. The molecule has 1 aliphatic carbocycles. The van der Waals surface area contributed by atoms with Crippen LogP contribution in [-0.2, 0) is 0 Å². The Bertz CT molecular complexity index is 367. The summed E-state index contributed by atoms with van der Waals surface area (Å²) in [6.07, 6.45) is 4.66. The number of rotatable bonds is 3. The Morgan fingerprint density at radius 2 is 1.94 bits per heavy atom. The fourth-order valence-corrected chi connectivity index (χ4v) is 2.42. The van der Waals surface area contributed by atoms with Crippen LogP contribution in [-0.4, -0.2) is 12.1 Å². The third-order valence-electron chi connectivity index (χ3n) is 3.56. The van der Waals surface area contributed by atoms with Crippen LogP contribution in [0, 0.1) is 13.8 Å². The van der Waals surface area contributed by atoms with Gasteiger partial charge < -0.3 is 10.5 Å². The van der Waals surface area contributed by atoms with Crippen molar-refractivity contribution in [1.82, 2.24) is 0 Å². The van der Waals surface area contributed by atoms with Crippen LogP contribution >= 0.6 is 0 Å². The second kappa shape index (κ2) is 4.46. The first-order valence-electron chi connectivity index (χ1n) is 6.12. The number of ether oxygens (including phenoxy) is 1. The van der Waals surface area contributed by atoms with Gasteiger partial charge in [-0.2, -0.15) is 0 Å². The normalized spacial score (nSPS) is 18.7. The molecule has 0 radical (unpaired) electrons. The lowest BCUT2D eigenvalue weighted by Crippen LogP contribution is -2.41. The summed E-state index contributed by atoms with van der Waals surface area (Å²) in [5.74, 6) is 1.01. The fourth-order valence-electron chi connectivity index (χ4n) is 2.42. The van der Waals surface area contributed by atoms with Crippen LogP contribution in [0.1, 0.15) is 36.8 Å². The first-order chi connectivity index (χ1) is 7.65. The predicted octanol–water partition coefficient (Wildman–Crippen LogP) is 2.95. The highest BCUT2D eigenvalue weighted by Gasteiger charge is 2.34. The minimum Gasteiger partial charge on any atom is -0.486 e. The molecule has 0 saturated heterocycles. The molecule has 1 aliphatic rings. The van der Waals surface area contributed by atoms with Gasteiger partial charge in [0.2, 0.25) is 0 Å². The van der Waals surface area contributed by atoms with Crippen molar-refractivity contribution in [2.45, 2.75) is 45.1 Å². The van der Waals surface area contributed by atoms with Crippen LogP contribution in [0.15, 0.2) is 18.2 Å². The minimum absolute atomic E-state index is 0.0987. The van der Waals surface area contributed by atoms with Gasteiger partial charge in [-0.1, -0.05) is 12.1 Å². The number of aryl methyl sites for hydroxylation is 2. The molecule has 1 fully saturated rings. The number of hydrogen-bond donors (Lipinski definition) is 1. The van der Waals surface area contributed by atoms with Crippen LogP contribution in [0.3, 0.4) is 0 Å². The Labute approximate surface area is 97.8 Å². The first kappa shape index (κ1) is 11.5. The van der Waals surface area contributed by atoms with Gasteiger partial charge in [-0.05, 0) is 56.7 Å². The summed E-state index contributed by atoms with van der Waals surface area (Å²) in [6.45, 7) is 4.81. The molecule has 0 aliphatic heterocycles. The fraction of sp³-hybridized carbons (Fsp3) is 0.571. The van der Waals surface area contributed by atoms with Crippen molar-refractivity contribution >= 4 is 0 Å². The zero-order valence-corrected chi connectivity index (χ0v) is 10.3. The Balaban J connectivity index is 2.21. The van der Waals surface area contributed by atoms with Crippen LogP contribution in [0.25, 0.3) is 0 Å². The topological polar surface area (TPSA) is 35.2 Å². The van der Waals surface area contributed by atoms with E-state index in [1.165, 1.54) is 24.0 Å². The van der Waals surface area contributed by atoms with E-state index in [1.54, 1.807) is 0 Å². The molecule has 0 bridgehead atoms. The molecule has 0 atom stereocenters. The van der Waals surface area contributed by atoms with E-state index in [4.69, 9.17) is 10.5 Å². The van der Waals surface area contributed by atoms with Crippen molar-refractivity contribution < 1.29 is 4.74 Å². The second-order valence-corrected chi connectivity index (χ2v) is 4.97. The van der Waals surface area contributed by atoms with Gasteiger partial charge in [0.15, 0.2) is 0 Å². The van der Waals surface area contributed by atoms with Crippen molar-refractivity contribution in [1.29, 1.82) is 0 Å². The van der Waals surface area contributed by atoms with E-state index in [0.717, 1.165) is 18.6 Å². The van der Waals surface area contributed by atoms with E-state index in [-0.39, 0.29) is 5.60 Å². The Morgan fingerprint density at radius 3 is 2.56 bits per heavy atom. The third kappa shape index (κ3) is 2.22. The maximum absolute atomic E-state index is 6.20. The summed E-state index contributed by atoms with van der Waals surface area (Å²) in [4.78, 5) is 0. The van der Waals surface area contributed by atoms with Crippen molar-refractivity contribution in [3.05, 3.63) is 29.3 Å². The maximum Gasteiger partial charge on any atom is 0.123 e. The van der Waals surface area contributed by atoms with Crippen molar-refractivity contribution in [3.63, 3.8) is 0 Å². The number of benzene rings is 1. The zero-order valence-electron chi connectivity index (χ0n) is 10.3. The molecule has 0 amide bonds. The van der Waals surface area contributed by atoms with Gasteiger partial charge in [0.05, 0.1) is 0 Å². The van der Waals surface area contributed by atoms with Crippen LogP contribution < -0.4 is 10.5 Å². The molecule has 1 saturated carbocycles. The van der Waals surface area contributed by atoms with Crippen molar-refractivity contribution in [3.8, 4) is 5.75 Å². The first-order valence-corrected chi connectivity index (χ1v) is 6.12. The molecular weight excluding hydrogens is 198 g/mol. The van der Waals surface area contributed by atoms with Gasteiger partial charge in [0.25, 0.3) is 0 Å². The highest BCUT2D eigenvalue weighted by Crippen LogP contribution is 2.35. The Hall–Kier alpha value is -1.02. The van der Waals surface area contributed by atoms with Gasteiger partial charge in [0, 0.05) is 6.54 Å². The maximum atomic E-state index is 6.20. The average Bonchev–Trinajstić information content (AvgIpc) is 2.73. The highest BCUT2D eigenvalue weighted by molar-refractivity contribution is 5.36. The van der Waals surface area contributed by atoms with Crippen molar-refractivity contribution in [2.75, 3.05) is 6.54 Å². The van der Waals surface area contributed by atoms with Crippen LogP contribution in [0.5, 0.6) is 5.75 Å². The lowest BCUT2D eigenvalue weighted by atomic mass is 10.0. The minimum atomic E-state index is -0.0987. The zero-order chi connectivity index (χ0) is 11.6. The monoisotopic (exact) mass is 219 g/mol. The molecule has 2 heteroatoms. The van der Waals surface area contributed by atoms with E-state index >= 15 is 0 Å². The summed E-state index contributed by atoms with van der Waals surface area (Å²) in [7, 11) is 0. The molecular formula is C14H21NO. The smallest absolute Gasteiger partial charge is 0.123 e. The summed E-state index contributed by atoms with van der Waals surface area (Å²) in [6, 6.07) is 6.35. The van der Waals surface area contributed by atoms with E-state index in [2.05, 4.69) is 32.0 Å². The van der Waals surface area contributed by atoms with Gasteiger partial charge in [0.1, 0.15) is 11.4 Å². The van der Waals surface area contributed by atoms with Gasteiger partial charge in [-0.25, -0.2) is 0 Å². The number of hydrogen-bond acceptors (Lipinski definition) is 2. The molecule has 0 unspecified atom stereocenters. The lowest BCUT2D eigenvalue weighted by molar-refractivity contribution is 0.0844. The SMILES string of the molecule is Cc1ccc(C)c(OC2(CN)CCCC2)c1. The quantitative estimate of drug-likeness (QED) is 0.848. The molecule has 0 aromatic heterocycles. The van der Waals surface area contributed by atoms with Gasteiger partial charge in [-0.15, -0.1) is 0 Å². The third-order valence-corrected chi connectivity index (χ3v) is 3.56. The highest BCUT2D eigenvalue weighted by atomic mass is 16.5. The molecule has 0 spiro atoms. The summed E-state index contributed by atoms with van der Waals surface area (Å²) in [5, 5.41) is 0. The van der Waals surface area contributed by atoms with Crippen molar-refractivity contribution in [2.24, 2.45) is 5.73 Å². The van der Waals surface area contributed by atoms with Gasteiger partial charge in [-0.3, -0.25) is 0 Å². The van der Waals surface area contributed by atoms with E-state index < -0.39 is 0 Å². The molecule has 0 heterocycles. The summed E-state index contributed by atoms with van der Waals surface area (Å²) >= 11 is 0. The van der Waals surface area contributed by atoms with Gasteiger partial charge >= 0.3 is 0 Å². The summed E-state index contributed by atoms with van der Waals surface area (Å²) < 4.78 is 6.20. The average molecular weight is 219 g/mol. The second-order valence-electron chi connectivity index (χ2n) is 4.97. The predicted molar refractivity (Wildman–Crippen MR) is 66.8 cm³/mol. The molecule has 2 N–H and O–H groups in total. The molecule has 1 aromatic carbocycles. The lowest BCUT2D eigenvalue weighted by Gasteiger charge is -2.29. The molecule has 2 rings (SSSR count). The van der Waals surface area contributed by atoms with Crippen LogP contribution in [0.4, 0.5) is 0 Å². The Morgan fingerprint density at radius 1 is 1.25 bits per heavy atom.